The molecule has 0 spiro atoms. The van der Waals surface area contributed by atoms with Gasteiger partial charge < -0.3 is 60.3 Å². The SMILES string of the molecule is OB(O)O.OB(O)O.OB(O)O.OB(O)O.[Yb]. The average molecular weight is 420 g/mol. The zero-order chi connectivity index (χ0) is 14.3. The zero-order valence-corrected chi connectivity index (χ0v) is 9.66. The van der Waals surface area contributed by atoms with Crippen LogP contribution in [0.1, 0.15) is 0 Å². The Bertz CT molecular complexity index is 61.5. The van der Waals surface area contributed by atoms with Gasteiger partial charge in [-0.05, 0) is 0 Å². The molecule has 17 heavy (non-hydrogen) atoms. The topological polar surface area (TPSA) is 243 Å². The summed E-state index contributed by atoms with van der Waals surface area (Å²) >= 11 is 0. The molecule has 0 bridgehead atoms. The molecule has 0 aliphatic carbocycles. The van der Waals surface area contributed by atoms with Gasteiger partial charge >= 0.3 is 29.3 Å². The van der Waals surface area contributed by atoms with Gasteiger partial charge in [-0.25, -0.2) is 0 Å². The van der Waals surface area contributed by atoms with Crippen LogP contribution in [0, 0.1) is 46.9 Å². The molecule has 0 fully saturated rings. The molecule has 12 nitrogen and oxygen atoms in total. The maximum Gasteiger partial charge on any atom is 0.631 e. The number of hydrogen-bond acceptors (Lipinski definition) is 12. The fourth-order valence-electron chi connectivity index (χ4n) is 0. The van der Waals surface area contributed by atoms with E-state index in [1.54, 1.807) is 0 Å². The van der Waals surface area contributed by atoms with Crippen LogP contribution in [-0.2, 0) is 0 Å². The molecule has 0 unspecified atom stereocenters. The Morgan fingerprint density at radius 3 is 0.294 bits per heavy atom. The first kappa shape index (κ1) is 31.0. The summed E-state index contributed by atoms with van der Waals surface area (Å²) in [5, 5.41) is 86.0. The summed E-state index contributed by atoms with van der Waals surface area (Å²) in [6.07, 6.45) is 0. The smallest absolute Gasteiger partial charge is 0.402 e. The Morgan fingerprint density at radius 2 is 0.294 bits per heavy atom. The van der Waals surface area contributed by atoms with Gasteiger partial charge in [-0.3, -0.25) is 0 Å². The summed E-state index contributed by atoms with van der Waals surface area (Å²) in [7, 11) is -8.67. The van der Waals surface area contributed by atoms with E-state index in [1.165, 1.54) is 0 Å². The monoisotopic (exact) mass is 422 g/mol. The summed E-state index contributed by atoms with van der Waals surface area (Å²) in [4.78, 5) is 0. The second-order valence-corrected chi connectivity index (χ2v) is 1.39. The largest absolute Gasteiger partial charge is 0.631 e. The number of hydrogen-bond donors (Lipinski definition) is 12. The third kappa shape index (κ3) is 2400. The van der Waals surface area contributed by atoms with Crippen LogP contribution in [0.5, 0.6) is 0 Å². The second-order valence-electron chi connectivity index (χ2n) is 1.39. The molecule has 12 N–H and O–H groups in total. The van der Waals surface area contributed by atoms with Crippen LogP contribution in [0.2, 0.25) is 0 Å². The van der Waals surface area contributed by atoms with Crippen LogP contribution in [-0.4, -0.2) is 89.6 Å². The van der Waals surface area contributed by atoms with Crippen LogP contribution in [0.4, 0.5) is 0 Å². The average Bonchev–Trinajstić information content (AvgIpc) is 1.76. The van der Waals surface area contributed by atoms with Crippen molar-refractivity contribution in [2.24, 2.45) is 0 Å². The molecule has 0 radical (unpaired) electrons. The zero-order valence-electron chi connectivity index (χ0n) is 7.94. The maximum absolute atomic E-state index is 7.17. The third-order valence-corrected chi connectivity index (χ3v) is 0. The standard InChI is InChI=1S/4BH3O3.Yb/c4*2-1(3)4;/h4*2-4H;. The Morgan fingerprint density at radius 1 is 0.294 bits per heavy atom. The quantitative estimate of drug-likeness (QED) is 0.163. The first-order valence-electron chi connectivity index (χ1n) is 3.10. The third-order valence-electron chi connectivity index (χ3n) is 0. The Balaban J connectivity index is -0.0000000369. The van der Waals surface area contributed by atoms with Gasteiger partial charge in [-0.2, -0.15) is 0 Å². The predicted octanol–water partition coefficient (Wildman–Crippen LogP) is -8.21. The summed E-state index contributed by atoms with van der Waals surface area (Å²) in [5.41, 5.74) is 0. The first-order valence-corrected chi connectivity index (χ1v) is 3.10. The molecule has 110 valence electrons. The molecule has 0 aliphatic rings. The van der Waals surface area contributed by atoms with Crippen molar-refractivity contribution in [3.05, 3.63) is 0 Å². The Hall–Kier alpha value is 1.30. The maximum atomic E-state index is 7.17. The van der Waals surface area contributed by atoms with Gasteiger partial charge in [0, 0.05) is 46.9 Å². The van der Waals surface area contributed by atoms with E-state index in [4.69, 9.17) is 60.3 Å². The molecule has 0 aromatic rings. The molecule has 0 aromatic carbocycles. The van der Waals surface area contributed by atoms with Crippen LogP contribution in [0.15, 0.2) is 0 Å². The van der Waals surface area contributed by atoms with Crippen molar-refractivity contribution in [2.75, 3.05) is 0 Å². The van der Waals surface area contributed by atoms with E-state index in [0.29, 0.717) is 0 Å². The van der Waals surface area contributed by atoms with E-state index in [2.05, 4.69) is 0 Å². The molecule has 0 amide bonds. The molecular formula is H12B4O12Yb. The minimum Gasteiger partial charge on any atom is -0.402 e. The molecule has 0 heterocycles. The van der Waals surface area contributed by atoms with Gasteiger partial charge in [0.1, 0.15) is 0 Å². The van der Waals surface area contributed by atoms with E-state index in [9.17, 15) is 0 Å². The van der Waals surface area contributed by atoms with Crippen LogP contribution in [0.25, 0.3) is 0 Å². The van der Waals surface area contributed by atoms with Crippen molar-refractivity contribution in [1.29, 1.82) is 0 Å². The van der Waals surface area contributed by atoms with Crippen molar-refractivity contribution < 1.29 is 107 Å². The number of rotatable bonds is 0. The predicted molar refractivity (Wildman–Crippen MR) is 49.6 cm³/mol. The van der Waals surface area contributed by atoms with Gasteiger partial charge in [0.25, 0.3) is 0 Å². The summed E-state index contributed by atoms with van der Waals surface area (Å²) in [6, 6.07) is 0. The van der Waals surface area contributed by atoms with E-state index in [-0.39, 0.29) is 46.9 Å². The van der Waals surface area contributed by atoms with Crippen LogP contribution < -0.4 is 0 Å². The van der Waals surface area contributed by atoms with E-state index >= 15 is 0 Å². The Labute approximate surface area is 135 Å². The molecule has 0 rings (SSSR count). The van der Waals surface area contributed by atoms with E-state index in [0.717, 1.165) is 0 Å². The van der Waals surface area contributed by atoms with E-state index in [1.807, 2.05) is 0 Å². The van der Waals surface area contributed by atoms with Crippen molar-refractivity contribution >= 4 is 29.3 Å². The molecular weight excluding hydrogens is 408 g/mol. The van der Waals surface area contributed by atoms with Crippen LogP contribution in [0.3, 0.4) is 0 Å². The molecule has 17 heteroatoms. The molecule has 0 saturated heterocycles. The Kier molecular flexibility index (Phi) is 47.3. The van der Waals surface area contributed by atoms with E-state index < -0.39 is 29.3 Å². The first-order chi connectivity index (χ1) is 6.93. The molecule has 0 atom stereocenters. The molecule has 0 aliphatic heterocycles. The minimum absolute atomic E-state index is 0. The van der Waals surface area contributed by atoms with Gasteiger partial charge in [0.2, 0.25) is 0 Å². The van der Waals surface area contributed by atoms with Gasteiger partial charge in [0.15, 0.2) is 0 Å². The van der Waals surface area contributed by atoms with Crippen LogP contribution >= 0.6 is 0 Å². The summed E-state index contributed by atoms with van der Waals surface area (Å²) < 4.78 is 0. The fourth-order valence-corrected chi connectivity index (χ4v) is 0. The van der Waals surface area contributed by atoms with Crippen molar-refractivity contribution in [3.63, 3.8) is 0 Å². The van der Waals surface area contributed by atoms with Gasteiger partial charge in [-0.15, -0.1) is 0 Å². The molecule has 0 saturated carbocycles. The fraction of sp³-hybridized carbons (Fsp3) is 0. The normalized spacial score (nSPS) is 6.35. The van der Waals surface area contributed by atoms with Crippen molar-refractivity contribution in [2.45, 2.75) is 0 Å². The van der Waals surface area contributed by atoms with Gasteiger partial charge in [-0.1, -0.05) is 0 Å². The van der Waals surface area contributed by atoms with Crippen molar-refractivity contribution in [1.82, 2.24) is 0 Å². The summed E-state index contributed by atoms with van der Waals surface area (Å²) in [6.45, 7) is 0. The van der Waals surface area contributed by atoms with Crippen molar-refractivity contribution in [3.8, 4) is 0 Å². The second kappa shape index (κ2) is 26.0. The minimum atomic E-state index is -2.17. The van der Waals surface area contributed by atoms with Gasteiger partial charge in [0.05, 0.1) is 0 Å². The summed E-state index contributed by atoms with van der Waals surface area (Å²) in [5.74, 6) is 0. The molecule has 0 aromatic heterocycles.